The molecule has 0 aromatic heterocycles. The molecule has 0 saturated carbocycles. The molecule has 1 saturated heterocycles. The second-order valence-corrected chi connectivity index (χ2v) is 4.86. The van der Waals surface area contributed by atoms with E-state index >= 15 is 0 Å². The van der Waals surface area contributed by atoms with Gasteiger partial charge in [-0.2, -0.15) is 0 Å². The lowest BCUT2D eigenvalue weighted by Gasteiger charge is -2.17. The monoisotopic (exact) mass is 284 g/mol. The topological polar surface area (TPSA) is 69.6 Å². The van der Waals surface area contributed by atoms with E-state index in [1.807, 2.05) is 0 Å². The van der Waals surface area contributed by atoms with Crippen LogP contribution in [0.1, 0.15) is 6.92 Å². The smallest absolute Gasteiger partial charge is 0.321 e. The number of aliphatic carboxylic acids is 1. The van der Waals surface area contributed by atoms with Gasteiger partial charge in [0.05, 0.1) is 11.6 Å². The van der Waals surface area contributed by atoms with Crippen LogP contribution in [-0.2, 0) is 4.79 Å². The van der Waals surface area contributed by atoms with Crippen molar-refractivity contribution in [1.82, 2.24) is 4.90 Å². The van der Waals surface area contributed by atoms with Crippen molar-refractivity contribution in [2.45, 2.75) is 6.92 Å². The number of hydrogen-bond acceptors (Lipinski definition) is 2. The van der Waals surface area contributed by atoms with Crippen LogP contribution in [0, 0.1) is 23.5 Å². The minimum atomic E-state index is -1.14. The van der Waals surface area contributed by atoms with Gasteiger partial charge in [-0.05, 0) is 18.1 Å². The Labute approximate surface area is 114 Å². The summed E-state index contributed by atoms with van der Waals surface area (Å²) in [5, 5.41) is 11.2. The fourth-order valence-corrected chi connectivity index (χ4v) is 2.25. The maximum atomic E-state index is 13.4. The summed E-state index contributed by atoms with van der Waals surface area (Å²) in [7, 11) is 0. The third-order valence-corrected chi connectivity index (χ3v) is 3.41. The number of nitrogens with zero attached hydrogens (tertiary/aromatic N) is 1. The molecule has 0 spiro atoms. The van der Waals surface area contributed by atoms with E-state index < -0.39 is 29.6 Å². The molecule has 108 valence electrons. The molecule has 1 aromatic rings. The van der Waals surface area contributed by atoms with Gasteiger partial charge < -0.3 is 15.3 Å². The average Bonchev–Trinajstić information content (AvgIpc) is 2.77. The first-order chi connectivity index (χ1) is 9.40. The summed E-state index contributed by atoms with van der Waals surface area (Å²) in [5.41, 5.74) is -0.263. The van der Waals surface area contributed by atoms with Crippen molar-refractivity contribution < 1.29 is 23.5 Å². The molecule has 1 aliphatic rings. The third kappa shape index (κ3) is 2.71. The van der Waals surface area contributed by atoms with Crippen LogP contribution < -0.4 is 5.32 Å². The summed E-state index contributed by atoms with van der Waals surface area (Å²) in [5.74, 6) is -3.98. The Morgan fingerprint density at radius 1 is 1.35 bits per heavy atom. The molecule has 2 amide bonds. The highest BCUT2D eigenvalue weighted by Gasteiger charge is 2.37. The van der Waals surface area contributed by atoms with Gasteiger partial charge in [-0.3, -0.25) is 4.79 Å². The Morgan fingerprint density at radius 3 is 2.65 bits per heavy atom. The lowest BCUT2D eigenvalue weighted by atomic mass is 9.99. The average molecular weight is 284 g/mol. The standard InChI is InChI=1S/C13H14F2N2O3/c1-7-5-17(6-8(7)12(18)19)13(20)16-10-4-2-3-9(14)11(10)15/h2-4,7-8H,5-6H2,1H3,(H,16,20)(H,18,19). The highest BCUT2D eigenvalue weighted by atomic mass is 19.2. The number of benzene rings is 1. The largest absolute Gasteiger partial charge is 0.481 e. The van der Waals surface area contributed by atoms with Gasteiger partial charge in [-0.1, -0.05) is 13.0 Å². The Bertz CT molecular complexity index is 550. The van der Waals surface area contributed by atoms with Gasteiger partial charge in [-0.15, -0.1) is 0 Å². The highest BCUT2D eigenvalue weighted by Crippen LogP contribution is 2.24. The summed E-state index contributed by atoms with van der Waals surface area (Å²) >= 11 is 0. The van der Waals surface area contributed by atoms with E-state index in [-0.39, 0.29) is 24.7 Å². The van der Waals surface area contributed by atoms with Crippen molar-refractivity contribution in [1.29, 1.82) is 0 Å². The molecule has 7 heteroatoms. The summed E-state index contributed by atoms with van der Waals surface area (Å²) in [4.78, 5) is 24.2. The van der Waals surface area contributed by atoms with E-state index in [0.717, 1.165) is 6.07 Å². The van der Waals surface area contributed by atoms with Crippen LogP contribution in [0.4, 0.5) is 19.3 Å². The van der Waals surface area contributed by atoms with Gasteiger partial charge in [-0.25, -0.2) is 13.6 Å². The van der Waals surface area contributed by atoms with Crippen LogP contribution in [0.5, 0.6) is 0 Å². The maximum absolute atomic E-state index is 13.4. The Hall–Kier alpha value is -2.18. The zero-order valence-corrected chi connectivity index (χ0v) is 10.8. The predicted molar refractivity (Wildman–Crippen MR) is 67.2 cm³/mol. The SMILES string of the molecule is CC1CN(C(=O)Nc2cccc(F)c2F)CC1C(=O)O. The molecule has 1 aromatic carbocycles. The van der Waals surface area contributed by atoms with E-state index in [2.05, 4.69) is 5.32 Å². The van der Waals surface area contributed by atoms with Crippen LogP contribution in [-0.4, -0.2) is 35.1 Å². The molecule has 2 N–H and O–H groups in total. The fraction of sp³-hybridized carbons (Fsp3) is 0.385. The highest BCUT2D eigenvalue weighted by molar-refractivity contribution is 5.90. The first kappa shape index (κ1) is 14.2. The predicted octanol–water partition coefficient (Wildman–Crippen LogP) is 2.15. The summed E-state index contributed by atoms with van der Waals surface area (Å²) < 4.78 is 26.4. The first-order valence-electron chi connectivity index (χ1n) is 6.13. The number of amides is 2. The molecule has 0 radical (unpaired) electrons. The molecular weight excluding hydrogens is 270 g/mol. The number of anilines is 1. The number of nitrogens with one attached hydrogen (secondary N) is 1. The zero-order chi connectivity index (χ0) is 14.9. The second-order valence-electron chi connectivity index (χ2n) is 4.86. The van der Waals surface area contributed by atoms with Gasteiger partial charge in [0.2, 0.25) is 0 Å². The van der Waals surface area contributed by atoms with Gasteiger partial charge >= 0.3 is 12.0 Å². The molecule has 0 bridgehead atoms. The van der Waals surface area contributed by atoms with Crippen molar-refractivity contribution in [3.63, 3.8) is 0 Å². The van der Waals surface area contributed by atoms with E-state index in [1.54, 1.807) is 6.92 Å². The Kier molecular flexibility index (Phi) is 3.87. The lowest BCUT2D eigenvalue weighted by molar-refractivity contribution is -0.142. The van der Waals surface area contributed by atoms with Crippen LogP contribution in [0.25, 0.3) is 0 Å². The van der Waals surface area contributed by atoms with Crippen molar-refractivity contribution >= 4 is 17.7 Å². The van der Waals surface area contributed by atoms with Crippen molar-refractivity contribution in [2.24, 2.45) is 11.8 Å². The molecule has 1 aliphatic heterocycles. The van der Waals surface area contributed by atoms with Crippen LogP contribution in [0.2, 0.25) is 0 Å². The number of carboxylic acids is 1. The number of hydrogen-bond donors (Lipinski definition) is 2. The molecule has 0 aliphatic carbocycles. The molecule has 2 unspecified atom stereocenters. The van der Waals surface area contributed by atoms with Crippen molar-refractivity contribution in [2.75, 3.05) is 18.4 Å². The van der Waals surface area contributed by atoms with Crippen molar-refractivity contribution in [3.05, 3.63) is 29.8 Å². The number of carboxylic acid groups (broad SMARTS) is 1. The maximum Gasteiger partial charge on any atom is 0.321 e. The first-order valence-corrected chi connectivity index (χ1v) is 6.13. The van der Waals surface area contributed by atoms with Crippen LogP contribution >= 0.6 is 0 Å². The molecule has 1 heterocycles. The Morgan fingerprint density at radius 2 is 2.05 bits per heavy atom. The summed E-state index contributed by atoms with van der Waals surface area (Å²) in [6.45, 7) is 2.05. The third-order valence-electron chi connectivity index (χ3n) is 3.41. The lowest BCUT2D eigenvalue weighted by Crippen LogP contribution is -2.34. The second kappa shape index (κ2) is 5.44. The fourth-order valence-electron chi connectivity index (χ4n) is 2.25. The molecule has 2 rings (SSSR count). The molecule has 20 heavy (non-hydrogen) atoms. The number of carbonyl (C=O) groups excluding carboxylic acids is 1. The van der Waals surface area contributed by atoms with Crippen LogP contribution in [0.15, 0.2) is 18.2 Å². The molecular formula is C13H14F2N2O3. The van der Waals surface area contributed by atoms with Crippen molar-refractivity contribution in [3.8, 4) is 0 Å². The Balaban J connectivity index is 2.06. The minimum Gasteiger partial charge on any atom is -0.481 e. The van der Waals surface area contributed by atoms with Crippen LogP contribution in [0.3, 0.4) is 0 Å². The van der Waals surface area contributed by atoms with Gasteiger partial charge in [0.15, 0.2) is 11.6 Å². The number of rotatable bonds is 2. The molecule has 2 atom stereocenters. The normalized spacial score (nSPS) is 21.9. The van der Waals surface area contributed by atoms with Gasteiger partial charge in [0.25, 0.3) is 0 Å². The molecule has 5 nitrogen and oxygen atoms in total. The number of urea groups is 1. The van der Waals surface area contributed by atoms with E-state index in [1.165, 1.54) is 17.0 Å². The van der Waals surface area contributed by atoms with Gasteiger partial charge in [0, 0.05) is 13.1 Å². The number of carbonyl (C=O) groups is 2. The quantitative estimate of drug-likeness (QED) is 0.874. The summed E-state index contributed by atoms with van der Waals surface area (Å²) in [6, 6.07) is 2.83. The number of halogens is 2. The minimum absolute atomic E-state index is 0.0548. The van der Waals surface area contributed by atoms with E-state index in [0.29, 0.717) is 0 Å². The zero-order valence-electron chi connectivity index (χ0n) is 10.8. The molecule has 1 fully saturated rings. The van der Waals surface area contributed by atoms with E-state index in [9.17, 15) is 18.4 Å². The van der Waals surface area contributed by atoms with E-state index in [4.69, 9.17) is 5.11 Å². The number of likely N-dealkylation sites (tertiary alicyclic amines) is 1. The van der Waals surface area contributed by atoms with Gasteiger partial charge in [0.1, 0.15) is 0 Å². The summed E-state index contributed by atoms with van der Waals surface area (Å²) in [6.07, 6.45) is 0.